The van der Waals surface area contributed by atoms with Gasteiger partial charge < -0.3 is 10.6 Å². The van der Waals surface area contributed by atoms with E-state index in [1.54, 1.807) is 4.90 Å². The Kier molecular flexibility index (Phi) is 5.35. The van der Waals surface area contributed by atoms with Crippen LogP contribution in [0.4, 0.5) is 0 Å². The van der Waals surface area contributed by atoms with Crippen LogP contribution in [-0.2, 0) is 14.6 Å². The molecule has 1 fully saturated rings. The minimum atomic E-state index is -3.52. The van der Waals surface area contributed by atoms with Crippen LogP contribution < -0.4 is 5.73 Å². The highest BCUT2D eigenvalue weighted by molar-refractivity contribution is 7.92. The van der Waals surface area contributed by atoms with E-state index in [1.165, 1.54) is 18.3 Å². The van der Waals surface area contributed by atoms with Gasteiger partial charge in [0, 0.05) is 25.7 Å². The number of piperidine rings is 1. The molecule has 0 aromatic carbocycles. The smallest absolute Gasteiger partial charge is 0.267 e. The Bertz CT molecular complexity index is 677. The van der Waals surface area contributed by atoms with E-state index in [1.807, 2.05) is 6.92 Å². The second-order valence-corrected chi connectivity index (χ2v) is 7.85. The number of hydrogen-bond donors (Lipinski definition) is 1. The number of carbonyl (C=O) groups is 2. The Hall–Kier alpha value is -1.96. The molecule has 1 aliphatic heterocycles. The molecular weight excluding hydrogens is 318 g/mol. The summed E-state index contributed by atoms with van der Waals surface area (Å²) in [7, 11) is -3.52. The fraction of sp³-hybridized carbons (Fsp3) is 0.533. The molecule has 2 amide bonds. The number of primary amides is 1. The summed E-state index contributed by atoms with van der Waals surface area (Å²) in [6.07, 6.45) is 3.28. The number of nitrogens with zero attached hydrogens (tertiary/aromatic N) is 2. The van der Waals surface area contributed by atoms with E-state index < -0.39 is 21.0 Å². The summed E-state index contributed by atoms with van der Waals surface area (Å²) in [6.45, 7) is 2.85. The van der Waals surface area contributed by atoms with Gasteiger partial charge in [-0.25, -0.2) is 13.4 Å². The molecule has 126 valence electrons. The van der Waals surface area contributed by atoms with Gasteiger partial charge in [-0.3, -0.25) is 9.59 Å². The van der Waals surface area contributed by atoms with Crippen molar-refractivity contribution in [3.63, 3.8) is 0 Å². The topological polar surface area (TPSA) is 110 Å². The molecule has 0 aliphatic carbocycles. The number of sulfone groups is 1. The zero-order valence-electron chi connectivity index (χ0n) is 13.1. The van der Waals surface area contributed by atoms with Gasteiger partial charge >= 0.3 is 0 Å². The molecule has 1 saturated heterocycles. The van der Waals surface area contributed by atoms with Gasteiger partial charge in [0.05, 0.1) is 10.1 Å². The molecule has 0 bridgehead atoms. The normalized spacial score (nSPS) is 16.3. The Labute approximate surface area is 135 Å². The number of likely N-dealkylation sites (tertiary alicyclic amines) is 1. The maximum absolute atomic E-state index is 12.6. The predicted molar refractivity (Wildman–Crippen MR) is 84.5 cm³/mol. The molecule has 1 aromatic rings. The zero-order valence-corrected chi connectivity index (χ0v) is 13.9. The third-order valence-corrected chi connectivity index (χ3v) is 6.26. The van der Waals surface area contributed by atoms with Gasteiger partial charge in [-0.2, -0.15) is 0 Å². The van der Waals surface area contributed by atoms with E-state index in [-0.39, 0.29) is 16.5 Å². The van der Waals surface area contributed by atoms with Crippen molar-refractivity contribution in [2.45, 2.75) is 42.8 Å². The number of carbonyl (C=O) groups excluding carboxylic acids is 2. The van der Waals surface area contributed by atoms with Crippen LogP contribution in [0.15, 0.2) is 23.2 Å². The second-order valence-electron chi connectivity index (χ2n) is 5.62. The van der Waals surface area contributed by atoms with Crippen molar-refractivity contribution >= 4 is 21.7 Å². The van der Waals surface area contributed by atoms with Gasteiger partial charge in [0.2, 0.25) is 5.91 Å². The van der Waals surface area contributed by atoms with Crippen LogP contribution in [0.3, 0.4) is 0 Å². The molecule has 0 unspecified atom stereocenters. The summed E-state index contributed by atoms with van der Waals surface area (Å²) in [5.74, 6) is -0.618. The quantitative estimate of drug-likeness (QED) is 0.851. The number of pyridine rings is 1. The molecule has 2 N–H and O–H groups in total. The van der Waals surface area contributed by atoms with E-state index in [0.29, 0.717) is 32.4 Å². The largest absolute Gasteiger partial charge is 0.364 e. The number of rotatable bonds is 5. The van der Waals surface area contributed by atoms with Crippen molar-refractivity contribution in [2.75, 3.05) is 13.1 Å². The molecule has 7 nitrogen and oxygen atoms in total. The van der Waals surface area contributed by atoms with Crippen LogP contribution in [0.5, 0.6) is 0 Å². The summed E-state index contributed by atoms with van der Waals surface area (Å²) >= 11 is 0. The van der Waals surface area contributed by atoms with Gasteiger partial charge in [-0.05, 0) is 31.4 Å². The van der Waals surface area contributed by atoms with Crippen LogP contribution in [0.2, 0.25) is 0 Å². The summed E-state index contributed by atoms with van der Waals surface area (Å²) < 4.78 is 25.2. The third-order valence-electron chi connectivity index (χ3n) is 4.01. The first-order chi connectivity index (χ1) is 10.9. The minimum absolute atomic E-state index is 0.0314. The Morgan fingerprint density at radius 3 is 2.43 bits per heavy atom. The van der Waals surface area contributed by atoms with Crippen LogP contribution in [-0.4, -0.2) is 48.5 Å². The van der Waals surface area contributed by atoms with Crippen LogP contribution in [0, 0.1) is 0 Å². The molecule has 2 rings (SSSR count). The predicted octanol–water partition coefficient (Wildman–Crippen LogP) is 0.745. The highest BCUT2D eigenvalue weighted by Gasteiger charge is 2.32. The lowest BCUT2D eigenvalue weighted by atomic mass is 10.1. The maximum atomic E-state index is 12.6. The summed E-state index contributed by atoms with van der Waals surface area (Å²) in [4.78, 5) is 28.4. The van der Waals surface area contributed by atoms with E-state index in [2.05, 4.69) is 4.98 Å². The van der Waals surface area contributed by atoms with Crippen molar-refractivity contribution in [2.24, 2.45) is 5.73 Å². The standard InChI is InChI=1S/C15H21N3O4S/c1-2-3-14(19)18-8-6-11(7-9-18)23(21,22)12-4-5-13(15(16)20)17-10-12/h4-5,10-11H,2-3,6-9H2,1H3,(H2,16,20). The van der Waals surface area contributed by atoms with E-state index in [9.17, 15) is 18.0 Å². The van der Waals surface area contributed by atoms with Crippen molar-refractivity contribution in [1.82, 2.24) is 9.88 Å². The lowest BCUT2D eigenvalue weighted by molar-refractivity contribution is -0.132. The lowest BCUT2D eigenvalue weighted by Crippen LogP contribution is -2.42. The number of amides is 2. The highest BCUT2D eigenvalue weighted by atomic mass is 32.2. The van der Waals surface area contributed by atoms with Crippen molar-refractivity contribution < 1.29 is 18.0 Å². The highest BCUT2D eigenvalue weighted by Crippen LogP contribution is 2.24. The Balaban J connectivity index is 2.07. The van der Waals surface area contributed by atoms with E-state index >= 15 is 0 Å². The van der Waals surface area contributed by atoms with E-state index in [0.717, 1.165) is 6.42 Å². The molecular formula is C15H21N3O4S. The van der Waals surface area contributed by atoms with Crippen LogP contribution in [0.25, 0.3) is 0 Å². The first-order valence-corrected chi connectivity index (χ1v) is 9.18. The molecule has 0 spiro atoms. The first kappa shape index (κ1) is 17.4. The summed E-state index contributed by atoms with van der Waals surface area (Å²) in [5.41, 5.74) is 5.13. The average molecular weight is 339 g/mol. The summed E-state index contributed by atoms with van der Waals surface area (Å²) in [5, 5.41) is -0.533. The molecule has 23 heavy (non-hydrogen) atoms. The van der Waals surface area contributed by atoms with Gasteiger partial charge in [0.1, 0.15) is 5.69 Å². The van der Waals surface area contributed by atoms with Crippen molar-refractivity contribution in [3.05, 3.63) is 24.0 Å². The molecule has 1 aromatic heterocycles. The molecule has 0 radical (unpaired) electrons. The first-order valence-electron chi connectivity index (χ1n) is 7.63. The Morgan fingerprint density at radius 2 is 1.96 bits per heavy atom. The fourth-order valence-electron chi connectivity index (χ4n) is 2.67. The second kappa shape index (κ2) is 7.08. The Morgan fingerprint density at radius 1 is 1.30 bits per heavy atom. The SMILES string of the molecule is CCCC(=O)N1CCC(S(=O)(=O)c2ccc(C(N)=O)nc2)CC1. The van der Waals surface area contributed by atoms with Gasteiger partial charge in [0.15, 0.2) is 9.84 Å². The number of nitrogens with two attached hydrogens (primary N) is 1. The summed E-state index contributed by atoms with van der Waals surface area (Å²) in [6, 6.07) is 2.67. The van der Waals surface area contributed by atoms with Crippen molar-refractivity contribution in [1.29, 1.82) is 0 Å². The zero-order chi connectivity index (χ0) is 17.0. The molecule has 8 heteroatoms. The van der Waals surface area contributed by atoms with Crippen LogP contribution >= 0.6 is 0 Å². The average Bonchev–Trinajstić information content (AvgIpc) is 2.55. The van der Waals surface area contributed by atoms with Gasteiger partial charge in [-0.15, -0.1) is 0 Å². The lowest BCUT2D eigenvalue weighted by Gasteiger charge is -2.31. The fourth-order valence-corrected chi connectivity index (χ4v) is 4.35. The third kappa shape index (κ3) is 3.87. The van der Waals surface area contributed by atoms with E-state index in [4.69, 9.17) is 5.73 Å². The molecule has 1 aliphatic rings. The number of hydrogen-bond acceptors (Lipinski definition) is 5. The van der Waals surface area contributed by atoms with Gasteiger partial charge in [0.25, 0.3) is 5.91 Å². The molecule has 2 heterocycles. The molecule has 0 atom stereocenters. The minimum Gasteiger partial charge on any atom is -0.364 e. The monoisotopic (exact) mass is 339 g/mol. The van der Waals surface area contributed by atoms with Gasteiger partial charge in [-0.1, -0.05) is 6.92 Å². The molecule has 0 saturated carbocycles. The van der Waals surface area contributed by atoms with Crippen LogP contribution in [0.1, 0.15) is 43.1 Å². The van der Waals surface area contributed by atoms with Crippen molar-refractivity contribution in [3.8, 4) is 0 Å². The number of aromatic nitrogens is 1. The maximum Gasteiger partial charge on any atom is 0.267 e.